The van der Waals surface area contributed by atoms with Crippen LogP contribution >= 0.6 is 0 Å². The van der Waals surface area contributed by atoms with Crippen molar-refractivity contribution >= 4 is 5.91 Å². The minimum absolute atomic E-state index is 0.0548. The highest BCUT2D eigenvalue weighted by molar-refractivity contribution is 5.75. The molecule has 0 aliphatic rings. The van der Waals surface area contributed by atoms with E-state index in [9.17, 15) is 4.79 Å². The molecule has 3 heteroatoms. The summed E-state index contributed by atoms with van der Waals surface area (Å²) in [5, 5.41) is 8.68. The first-order valence-electron chi connectivity index (χ1n) is 6.57. The highest BCUT2D eigenvalue weighted by Gasteiger charge is 2.06. The number of hydrogen-bond donors (Lipinski definition) is 1. The molecule has 0 aromatic heterocycles. The molecule has 0 unspecified atom stereocenters. The van der Waals surface area contributed by atoms with Crippen LogP contribution in [0.15, 0.2) is 0 Å². The van der Waals surface area contributed by atoms with Crippen LogP contribution in [-0.2, 0) is 4.79 Å². The number of rotatable bonds is 10. The van der Waals surface area contributed by atoms with Gasteiger partial charge < -0.3 is 10.0 Å². The van der Waals surface area contributed by atoms with E-state index in [4.69, 9.17) is 5.11 Å². The molecule has 0 aromatic carbocycles. The third-order valence-corrected chi connectivity index (χ3v) is 2.86. The van der Waals surface area contributed by atoms with Crippen LogP contribution in [0.2, 0.25) is 0 Å². The molecule has 0 aliphatic carbocycles. The fourth-order valence-electron chi connectivity index (χ4n) is 1.70. The predicted octanol–water partition coefficient (Wildman–Crippen LogP) is 2.58. The standard InChI is InChI=1S/C13H27NO2/c1-3-4-5-6-7-8-9-10-13(16)14(2)11-12-15/h15H,3-12H2,1-2H3. The van der Waals surface area contributed by atoms with E-state index in [0.29, 0.717) is 13.0 Å². The quantitative estimate of drug-likeness (QED) is 0.585. The molecule has 0 radical (unpaired) electrons. The van der Waals surface area contributed by atoms with Crippen LogP contribution in [0.5, 0.6) is 0 Å². The third kappa shape index (κ3) is 8.72. The Kier molecular flexibility index (Phi) is 10.5. The molecule has 1 amide bonds. The molecule has 0 spiro atoms. The van der Waals surface area contributed by atoms with E-state index in [-0.39, 0.29) is 12.5 Å². The third-order valence-electron chi connectivity index (χ3n) is 2.86. The molecule has 0 saturated heterocycles. The van der Waals surface area contributed by atoms with E-state index in [1.54, 1.807) is 11.9 Å². The number of likely N-dealkylation sites (N-methyl/N-ethyl adjacent to an activating group) is 1. The second-order valence-corrected chi connectivity index (χ2v) is 4.41. The van der Waals surface area contributed by atoms with E-state index in [0.717, 1.165) is 12.8 Å². The van der Waals surface area contributed by atoms with Crippen molar-refractivity contribution in [2.45, 2.75) is 58.3 Å². The smallest absolute Gasteiger partial charge is 0.222 e. The number of carbonyl (C=O) groups excluding carboxylic acids is 1. The largest absolute Gasteiger partial charge is 0.395 e. The van der Waals surface area contributed by atoms with Gasteiger partial charge in [-0.3, -0.25) is 4.79 Å². The summed E-state index contributed by atoms with van der Waals surface area (Å²) in [6, 6.07) is 0. The molecule has 0 bridgehead atoms. The van der Waals surface area contributed by atoms with Crippen molar-refractivity contribution in [1.82, 2.24) is 4.90 Å². The SMILES string of the molecule is CCCCCCCCCC(=O)N(C)CCO. The Hall–Kier alpha value is -0.570. The fraction of sp³-hybridized carbons (Fsp3) is 0.923. The van der Waals surface area contributed by atoms with Crippen LogP contribution in [0.25, 0.3) is 0 Å². The summed E-state index contributed by atoms with van der Waals surface area (Å²) in [4.78, 5) is 13.1. The van der Waals surface area contributed by atoms with Gasteiger partial charge in [0.2, 0.25) is 5.91 Å². The maximum Gasteiger partial charge on any atom is 0.222 e. The Morgan fingerprint density at radius 3 is 2.19 bits per heavy atom. The first kappa shape index (κ1) is 15.4. The van der Waals surface area contributed by atoms with Crippen molar-refractivity contribution in [3.63, 3.8) is 0 Å². The van der Waals surface area contributed by atoms with Crippen molar-refractivity contribution in [3.8, 4) is 0 Å². The van der Waals surface area contributed by atoms with Gasteiger partial charge in [0.05, 0.1) is 6.61 Å². The maximum absolute atomic E-state index is 11.5. The second-order valence-electron chi connectivity index (χ2n) is 4.41. The molecule has 0 fully saturated rings. The Morgan fingerprint density at radius 1 is 1.06 bits per heavy atom. The summed E-state index contributed by atoms with van der Waals surface area (Å²) >= 11 is 0. The monoisotopic (exact) mass is 229 g/mol. The van der Waals surface area contributed by atoms with E-state index >= 15 is 0 Å². The van der Waals surface area contributed by atoms with Crippen LogP contribution in [0.3, 0.4) is 0 Å². The van der Waals surface area contributed by atoms with Gasteiger partial charge >= 0.3 is 0 Å². The molecule has 16 heavy (non-hydrogen) atoms. The van der Waals surface area contributed by atoms with Gasteiger partial charge in [-0.2, -0.15) is 0 Å². The molecular weight excluding hydrogens is 202 g/mol. The Bertz CT molecular complexity index is 171. The number of nitrogens with zero attached hydrogens (tertiary/aromatic N) is 1. The highest BCUT2D eigenvalue weighted by Crippen LogP contribution is 2.08. The zero-order valence-corrected chi connectivity index (χ0v) is 10.9. The fourth-order valence-corrected chi connectivity index (χ4v) is 1.70. The first-order valence-corrected chi connectivity index (χ1v) is 6.57. The molecule has 1 N–H and O–H groups in total. The van der Waals surface area contributed by atoms with E-state index in [1.807, 2.05) is 0 Å². The normalized spacial score (nSPS) is 10.4. The van der Waals surface area contributed by atoms with Crippen molar-refractivity contribution in [2.24, 2.45) is 0 Å². The van der Waals surface area contributed by atoms with Crippen molar-refractivity contribution in [3.05, 3.63) is 0 Å². The van der Waals surface area contributed by atoms with Gasteiger partial charge in [-0.15, -0.1) is 0 Å². The number of amides is 1. The van der Waals surface area contributed by atoms with Gasteiger partial charge in [0.25, 0.3) is 0 Å². The lowest BCUT2D eigenvalue weighted by molar-refractivity contribution is -0.130. The van der Waals surface area contributed by atoms with Crippen LogP contribution in [0, 0.1) is 0 Å². The number of aliphatic hydroxyl groups is 1. The summed E-state index contributed by atoms with van der Waals surface area (Å²) in [6.45, 7) is 2.73. The Morgan fingerprint density at radius 2 is 1.62 bits per heavy atom. The summed E-state index contributed by atoms with van der Waals surface area (Å²) in [5.41, 5.74) is 0. The number of aliphatic hydroxyl groups excluding tert-OH is 1. The second kappa shape index (κ2) is 10.9. The van der Waals surface area contributed by atoms with Crippen molar-refractivity contribution in [1.29, 1.82) is 0 Å². The van der Waals surface area contributed by atoms with Gasteiger partial charge in [-0.25, -0.2) is 0 Å². The van der Waals surface area contributed by atoms with Crippen LogP contribution in [0.4, 0.5) is 0 Å². The van der Waals surface area contributed by atoms with Crippen LogP contribution in [0.1, 0.15) is 58.3 Å². The van der Waals surface area contributed by atoms with Crippen LogP contribution < -0.4 is 0 Å². The van der Waals surface area contributed by atoms with E-state index in [2.05, 4.69) is 6.92 Å². The van der Waals surface area contributed by atoms with Crippen molar-refractivity contribution in [2.75, 3.05) is 20.2 Å². The average Bonchev–Trinajstić information content (AvgIpc) is 2.28. The molecule has 0 saturated carbocycles. The first-order chi connectivity index (χ1) is 7.72. The summed E-state index contributed by atoms with van der Waals surface area (Å²) < 4.78 is 0. The molecule has 0 rings (SSSR count). The zero-order valence-electron chi connectivity index (χ0n) is 10.9. The summed E-state index contributed by atoms with van der Waals surface area (Å²) in [6.07, 6.45) is 9.26. The highest BCUT2D eigenvalue weighted by atomic mass is 16.3. The average molecular weight is 229 g/mol. The molecule has 96 valence electrons. The molecule has 0 aliphatic heterocycles. The summed E-state index contributed by atoms with van der Waals surface area (Å²) in [5.74, 6) is 0.155. The van der Waals surface area contributed by atoms with Crippen LogP contribution in [-0.4, -0.2) is 36.1 Å². The molecule has 0 atom stereocenters. The Balaban J connectivity index is 3.27. The van der Waals surface area contributed by atoms with Gasteiger partial charge in [0.1, 0.15) is 0 Å². The maximum atomic E-state index is 11.5. The number of hydrogen-bond acceptors (Lipinski definition) is 2. The zero-order chi connectivity index (χ0) is 12.2. The predicted molar refractivity (Wildman–Crippen MR) is 67.3 cm³/mol. The van der Waals surface area contributed by atoms with E-state index in [1.165, 1.54) is 32.1 Å². The van der Waals surface area contributed by atoms with Gasteiger partial charge in [0, 0.05) is 20.0 Å². The molecule has 0 heterocycles. The summed E-state index contributed by atoms with van der Waals surface area (Å²) in [7, 11) is 1.75. The lowest BCUT2D eigenvalue weighted by atomic mass is 10.1. The molecule has 3 nitrogen and oxygen atoms in total. The topological polar surface area (TPSA) is 40.5 Å². The number of unbranched alkanes of at least 4 members (excludes halogenated alkanes) is 6. The minimum Gasteiger partial charge on any atom is -0.395 e. The van der Waals surface area contributed by atoms with Gasteiger partial charge in [-0.05, 0) is 6.42 Å². The lowest BCUT2D eigenvalue weighted by Crippen LogP contribution is -2.29. The lowest BCUT2D eigenvalue weighted by Gasteiger charge is -2.15. The van der Waals surface area contributed by atoms with Gasteiger partial charge in [-0.1, -0.05) is 45.4 Å². The molecule has 0 aromatic rings. The van der Waals surface area contributed by atoms with Crippen molar-refractivity contribution < 1.29 is 9.90 Å². The van der Waals surface area contributed by atoms with Gasteiger partial charge in [0.15, 0.2) is 0 Å². The Labute approximate surface area is 99.8 Å². The molecular formula is C13H27NO2. The van der Waals surface area contributed by atoms with E-state index < -0.39 is 0 Å². The minimum atomic E-state index is 0.0548. The number of carbonyl (C=O) groups is 1.